The van der Waals surface area contributed by atoms with Crippen LogP contribution in [0.5, 0.6) is 5.75 Å². The first-order chi connectivity index (χ1) is 14.5. The number of ketones is 1. The molecule has 1 N–H and O–H groups in total. The summed E-state index contributed by atoms with van der Waals surface area (Å²) in [7, 11) is 0. The molecule has 0 aliphatic carbocycles. The van der Waals surface area contributed by atoms with E-state index in [9.17, 15) is 14.7 Å². The maximum atomic E-state index is 13.0. The van der Waals surface area contributed by atoms with Crippen LogP contribution in [-0.4, -0.2) is 65.5 Å². The molecule has 0 radical (unpaired) electrons. The Balaban J connectivity index is 1.40. The average Bonchev–Trinajstić information content (AvgIpc) is 2.91. The Kier molecular flexibility index (Phi) is 6.16. The van der Waals surface area contributed by atoms with E-state index < -0.39 is 6.10 Å². The van der Waals surface area contributed by atoms with E-state index in [1.54, 1.807) is 23.1 Å². The summed E-state index contributed by atoms with van der Waals surface area (Å²) in [6.45, 7) is 5.07. The second kappa shape index (κ2) is 8.98. The number of carbonyl (C=O) groups excluding carboxylic acids is 2. The van der Waals surface area contributed by atoms with Crippen LogP contribution >= 0.6 is 0 Å². The molecule has 1 atom stereocenters. The van der Waals surface area contributed by atoms with Crippen LogP contribution in [0, 0.1) is 0 Å². The third-order valence-electron chi connectivity index (χ3n) is 5.87. The third-order valence-corrected chi connectivity index (χ3v) is 5.87. The van der Waals surface area contributed by atoms with Crippen molar-refractivity contribution in [1.82, 2.24) is 9.80 Å². The van der Waals surface area contributed by atoms with Crippen molar-refractivity contribution in [3.8, 4) is 5.75 Å². The standard InChI is InChI=1S/C24H28N2O4/c1-2-22(28)18-7-8-21-23(13-18)30-12-11-26(24(21)29)16-20(27)15-25-10-9-17-5-3-4-6-19(17)14-25/h3-8,13,20,27H,2,9-12,14-16H2,1H3/t20-/m1/s1. The van der Waals surface area contributed by atoms with Crippen molar-refractivity contribution < 1.29 is 19.4 Å². The summed E-state index contributed by atoms with van der Waals surface area (Å²) < 4.78 is 5.75. The molecule has 0 spiro atoms. The Morgan fingerprint density at radius 1 is 1.13 bits per heavy atom. The van der Waals surface area contributed by atoms with E-state index in [0.29, 0.717) is 43.0 Å². The van der Waals surface area contributed by atoms with Gasteiger partial charge in [0.25, 0.3) is 5.91 Å². The van der Waals surface area contributed by atoms with Crippen LogP contribution in [0.2, 0.25) is 0 Å². The molecule has 30 heavy (non-hydrogen) atoms. The van der Waals surface area contributed by atoms with Crippen LogP contribution in [-0.2, 0) is 13.0 Å². The number of amides is 1. The first-order valence-corrected chi connectivity index (χ1v) is 10.6. The van der Waals surface area contributed by atoms with Crippen LogP contribution < -0.4 is 4.74 Å². The number of ether oxygens (including phenoxy) is 1. The SMILES string of the molecule is CCC(=O)c1ccc2c(c1)OCCN(C[C@H](O)CN1CCc3ccccc3C1)C2=O. The van der Waals surface area contributed by atoms with Crippen molar-refractivity contribution in [2.24, 2.45) is 0 Å². The molecular formula is C24H28N2O4. The Labute approximate surface area is 177 Å². The van der Waals surface area contributed by atoms with Gasteiger partial charge in [-0.1, -0.05) is 37.3 Å². The summed E-state index contributed by atoms with van der Waals surface area (Å²) >= 11 is 0. The van der Waals surface area contributed by atoms with Gasteiger partial charge in [-0.2, -0.15) is 0 Å². The molecule has 2 aromatic carbocycles. The molecule has 0 bridgehead atoms. The van der Waals surface area contributed by atoms with E-state index in [0.717, 1.165) is 19.5 Å². The summed E-state index contributed by atoms with van der Waals surface area (Å²) in [5.74, 6) is 0.304. The molecule has 6 heteroatoms. The maximum Gasteiger partial charge on any atom is 0.257 e. The highest BCUT2D eigenvalue weighted by Crippen LogP contribution is 2.26. The maximum absolute atomic E-state index is 13.0. The van der Waals surface area contributed by atoms with Crippen molar-refractivity contribution in [2.45, 2.75) is 32.4 Å². The minimum absolute atomic E-state index is 0.0217. The average molecular weight is 408 g/mol. The number of hydrogen-bond acceptors (Lipinski definition) is 5. The second-order valence-corrected chi connectivity index (χ2v) is 7.99. The molecule has 0 saturated heterocycles. The van der Waals surface area contributed by atoms with Crippen LogP contribution in [0.4, 0.5) is 0 Å². The number of rotatable bonds is 6. The Morgan fingerprint density at radius 3 is 2.73 bits per heavy atom. The summed E-state index contributed by atoms with van der Waals surface area (Å²) in [5, 5.41) is 10.7. The molecule has 0 saturated carbocycles. The van der Waals surface area contributed by atoms with Crippen molar-refractivity contribution in [3.63, 3.8) is 0 Å². The number of aliphatic hydroxyl groups excluding tert-OH is 1. The highest BCUT2D eigenvalue weighted by Gasteiger charge is 2.27. The summed E-state index contributed by atoms with van der Waals surface area (Å²) in [6, 6.07) is 13.4. The molecule has 4 rings (SSSR count). The van der Waals surface area contributed by atoms with Gasteiger partial charge in [0, 0.05) is 38.2 Å². The summed E-state index contributed by atoms with van der Waals surface area (Å²) in [5.41, 5.74) is 3.68. The predicted octanol–water partition coefficient (Wildman–Crippen LogP) is 2.53. The largest absolute Gasteiger partial charge is 0.491 e. The van der Waals surface area contributed by atoms with Gasteiger partial charge in [-0.25, -0.2) is 0 Å². The topological polar surface area (TPSA) is 70.1 Å². The van der Waals surface area contributed by atoms with Crippen LogP contribution in [0.25, 0.3) is 0 Å². The molecule has 2 aliphatic rings. The first-order valence-electron chi connectivity index (χ1n) is 10.6. The van der Waals surface area contributed by atoms with E-state index in [1.165, 1.54) is 11.1 Å². The number of benzene rings is 2. The van der Waals surface area contributed by atoms with Crippen molar-refractivity contribution >= 4 is 11.7 Å². The van der Waals surface area contributed by atoms with Gasteiger partial charge in [-0.3, -0.25) is 14.5 Å². The molecular weight excluding hydrogens is 380 g/mol. The lowest BCUT2D eigenvalue weighted by Crippen LogP contribution is -2.44. The molecule has 2 aliphatic heterocycles. The molecule has 1 amide bonds. The van der Waals surface area contributed by atoms with E-state index in [1.807, 2.05) is 13.0 Å². The van der Waals surface area contributed by atoms with Gasteiger partial charge < -0.3 is 14.7 Å². The van der Waals surface area contributed by atoms with E-state index >= 15 is 0 Å². The van der Waals surface area contributed by atoms with Crippen molar-refractivity contribution in [3.05, 3.63) is 64.7 Å². The minimum atomic E-state index is -0.637. The number of fused-ring (bicyclic) bond motifs is 2. The second-order valence-electron chi connectivity index (χ2n) is 7.99. The molecule has 2 aromatic rings. The lowest BCUT2D eigenvalue weighted by molar-refractivity contribution is 0.0501. The fourth-order valence-corrected chi connectivity index (χ4v) is 4.23. The number of nitrogens with zero attached hydrogens (tertiary/aromatic N) is 2. The lowest BCUT2D eigenvalue weighted by Gasteiger charge is -2.32. The number of Topliss-reactive ketones (excluding diaryl/α,β-unsaturated/α-hetero) is 1. The Hall–Kier alpha value is -2.70. The molecule has 0 unspecified atom stereocenters. The quantitative estimate of drug-likeness (QED) is 0.744. The first kappa shape index (κ1) is 20.6. The highest BCUT2D eigenvalue weighted by atomic mass is 16.5. The Morgan fingerprint density at radius 2 is 1.93 bits per heavy atom. The fourth-order valence-electron chi connectivity index (χ4n) is 4.23. The van der Waals surface area contributed by atoms with E-state index in [4.69, 9.17) is 4.74 Å². The molecule has 0 aromatic heterocycles. The van der Waals surface area contributed by atoms with Gasteiger partial charge in [0.1, 0.15) is 12.4 Å². The van der Waals surface area contributed by atoms with Gasteiger partial charge >= 0.3 is 0 Å². The van der Waals surface area contributed by atoms with Gasteiger partial charge in [0.15, 0.2) is 5.78 Å². The molecule has 2 heterocycles. The normalized spacial score (nSPS) is 17.5. The van der Waals surface area contributed by atoms with Gasteiger partial charge in [0.2, 0.25) is 0 Å². The third kappa shape index (κ3) is 4.40. The summed E-state index contributed by atoms with van der Waals surface area (Å²) in [6.07, 6.45) is 0.749. The number of aliphatic hydroxyl groups is 1. The number of hydrogen-bond donors (Lipinski definition) is 1. The molecule has 0 fully saturated rings. The molecule has 6 nitrogen and oxygen atoms in total. The van der Waals surface area contributed by atoms with Crippen molar-refractivity contribution in [2.75, 3.05) is 32.8 Å². The molecule has 158 valence electrons. The fraction of sp³-hybridized carbons (Fsp3) is 0.417. The van der Waals surface area contributed by atoms with Gasteiger partial charge in [0.05, 0.1) is 18.2 Å². The highest BCUT2D eigenvalue weighted by molar-refractivity contribution is 6.01. The van der Waals surface area contributed by atoms with Gasteiger partial charge in [-0.05, 0) is 29.7 Å². The van der Waals surface area contributed by atoms with Crippen LogP contribution in [0.15, 0.2) is 42.5 Å². The smallest absolute Gasteiger partial charge is 0.257 e. The van der Waals surface area contributed by atoms with Crippen LogP contribution in [0.1, 0.15) is 45.2 Å². The van der Waals surface area contributed by atoms with Gasteiger partial charge in [-0.15, -0.1) is 0 Å². The minimum Gasteiger partial charge on any atom is -0.491 e. The van der Waals surface area contributed by atoms with Crippen LogP contribution in [0.3, 0.4) is 0 Å². The zero-order valence-corrected chi connectivity index (χ0v) is 17.3. The number of carbonyl (C=O) groups is 2. The predicted molar refractivity (Wildman–Crippen MR) is 114 cm³/mol. The lowest BCUT2D eigenvalue weighted by atomic mass is 10.00. The zero-order chi connectivity index (χ0) is 21.1. The monoisotopic (exact) mass is 408 g/mol. The van der Waals surface area contributed by atoms with E-state index in [-0.39, 0.29) is 18.2 Å². The Bertz CT molecular complexity index is 943. The zero-order valence-electron chi connectivity index (χ0n) is 17.3. The number of β-amino-alcohol motifs (C(OH)–C–C–N with tert-alkyl or cyclic N) is 1. The van der Waals surface area contributed by atoms with E-state index in [2.05, 4.69) is 23.1 Å². The summed E-state index contributed by atoms with van der Waals surface area (Å²) in [4.78, 5) is 28.9. The van der Waals surface area contributed by atoms with Crippen molar-refractivity contribution in [1.29, 1.82) is 0 Å².